The first-order chi connectivity index (χ1) is 9.19. The molecule has 0 saturated heterocycles. The molecule has 1 aromatic carbocycles. The molecule has 1 unspecified atom stereocenters. The second kappa shape index (κ2) is 6.36. The van der Waals surface area contributed by atoms with Gasteiger partial charge >= 0.3 is 12.1 Å². The van der Waals surface area contributed by atoms with Gasteiger partial charge in [-0.2, -0.15) is 0 Å². The van der Waals surface area contributed by atoms with E-state index in [2.05, 4.69) is 5.32 Å². The van der Waals surface area contributed by atoms with Crippen LogP contribution in [0.4, 0.5) is 9.18 Å². The second-order valence-corrected chi connectivity index (χ2v) is 5.32. The summed E-state index contributed by atoms with van der Waals surface area (Å²) in [6.45, 7) is 5.05. The molecule has 0 aromatic heterocycles. The fourth-order valence-corrected chi connectivity index (χ4v) is 1.62. The summed E-state index contributed by atoms with van der Waals surface area (Å²) in [5, 5.41) is 11.2. The Labute approximate surface area is 116 Å². The van der Waals surface area contributed by atoms with E-state index in [0.717, 1.165) is 0 Å². The lowest BCUT2D eigenvalue weighted by Crippen LogP contribution is -2.36. The fraction of sp³-hybridized carbons (Fsp3) is 0.429. The van der Waals surface area contributed by atoms with Gasteiger partial charge in [-0.3, -0.25) is 4.79 Å². The lowest BCUT2D eigenvalue weighted by Gasteiger charge is -2.23. The number of rotatable bonds is 4. The van der Waals surface area contributed by atoms with E-state index in [9.17, 15) is 14.0 Å². The standard InChI is InChI=1S/C14H18FNO4/c1-14(2,3)20-13(19)16-11(8-12(17)18)9-6-4-5-7-10(9)15/h4-7,11H,8H2,1-3H3,(H,16,19)(H,17,18). The molecule has 0 aliphatic carbocycles. The maximum Gasteiger partial charge on any atom is 0.408 e. The van der Waals surface area contributed by atoms with Crippen molar-refractivity contribution >= 4 is 12.1 Å². The highest BCUT2D eigenvalue weighted by atomic mass is 19.1. The number of hydrogen-bond acceptors (Lipinski definition) is 3. The van der Waals surface area contributed by atoms with Gasteiger partial charge < -0.3 is 15.2 Å². The minimum Gasteiger partial charge on any atom is -0.481 e. The van der Waals surface area contributed by atoms with E-state index in [4.69, 9.17) is 9.84 Å². The number of carboxylic acid groups (broad SMARTS) is 1. The zero-order valence-electron chi connectivity index (χ0n) is 11.6. The molecule has 1 atom stereocenters. The predicted octanol–water partition coefficient (Wildman–Crippen LogP) is 2.87. The largest absolute Gasteiger partial charge is 0.481 e. The summed E-state index contributed by atoms with van der Waals surface area (Å²) in [5.41, 5.74) is -0.603. The van der Waals surface area contributed by atoms with E-state index in [-0.39, 0.29) is 5.56 Å². The Bertz CT molecular complexity index is 496. The van der Waals surface area contributed by atoms with Crippen LogP contribution in [0, 0.1) is 5.82 Å². The van der Waals surface area contributed by atoms with Crippen molar-refractivity contribution < 1.29 is 23.8 Å². The van der Waals surface area contributed by atoms with Crippen LogP contribution in [0.2, 0.25) is 0 Å². The molecule has 0 aliphatic heterocycles. The number of hydrogen-bond donors (Lipinski definition) is 2. The normalized spacial score (nSPS) is 12.6. The van der Waals surface area contributed by atoms with Crippen LogP contribution in [0.5, 0.6) is 0 Å². The van der Waals surface area contributed by atoms with E-state index in [1.54, 1.807) is 26.8 Å². The van der Waals surface area contributed by atoms with Crippen LogP contribution in [0.3, 0.4) is 0 Å². The summed E-state index contributed by atoms with van der Waals surface area (Å²) in [4.78, 5) is 22.5. The highest BCUT2D eigenvalue weighted by Gasteiger charge is 2.24. The van der Waals surface area contributed by atoms with Gasteiger partial charge in [-0.25, -0.2) is 9.18 Å². The number of aliphatic carboxylic acids is 1. The summed E-state index contributed by atoms with van der Waals surface area (Å²) in [6, 6.07) is 4.72. The number of halogens is 1. The van der Waals surface area contributed by atoms with Crippen molar-refractivity contribution in [2.45, 2.75) is 38.8 Å². The van der Waals surface area contributed by atoms with Crippen LogP contribution in [-0.4, -0.2) is 22.8 Å². The third kappa shape index (κ3) is 5.26. The highest BCUT2D eigenvalue weighted by molar-refractivity contribution is 5.72. The summed E-state index contributed by atoms with van der Waals surface area (Å²) in [5.74, 6) is -1.72. The monoisotopic (exact) mass is 283 g/mol. The van der Waals surface area contributed by atoms with Crippen molar-refractivity contribution in [3.8, 4) is 0 Å². The van der Waals surface area contributed by atoms with Crippen molar-refractivity contribution in [3.05, 3.63) is 35.6 Å². The third-order valence-electron chi connectivity index (χ3n) is 2.35. The van der Waals surface area contributed by atoms with Crippen LogP contribution in [0.15, 0.2) is 24.3 Å². The average molecular weight is 283 g/mol. The molecular weight excluding hydrogens is 265 g/mol. The molecule has 1 amide bonds. The summed E-state index contributed by atoms with van der Waals surface area (Å²) >= 11 is 0. The van der Waals surface area contributed by atoms with Crippen LogP contribution in [-0.2, 0) is 9.53 Å². The molecule has 0 aliphatic rings. The minimum atomic E-state index is -1.14. The van der Waals surface area contributed by atoms with Gasteiger partial charge in [-0.1, -0.05) is 18.2 Å². The molecule has 5 nitrogen and oxygen atoms in total. The molecule has 2 N–H and O–H groups in total. The predicted molar refractivity (Wildman–Crippen MR) is 70.8 cm³/mol. The molecular formula is C14H18FNO4. The van der Waals surface area contributed by atoms with Crippen molar-refractivity contribution in [2.75, 3.05) is 0 Å². The SMILES string of the molecule is CC(C)(C)OC(=O)NC(CC(=O)O)c1ccccc1F. The lowest BCUT2D eigenvalue weighted by atomic mass is 10.0. The van der Waals surface area contributed by atoms with E-state index in [0.29, 0.717) is 0 Å². The molecule has 0 radical (unpaired) electrons. The van der Waals surface area contributed by atoms with Gasteiger partial charge in [0.1, 0.15) is 11.4 Å². The molecule has 20 heavy (non-hydrogen) atoms. The van der Waals surface area contributed by atoms with Gasteiger partial charge in [0.05, 0.1) is 12.5 Å². The Morgan fingerprint density at radius 1 is 1.35 bits per heavy atom. The van der Waals surface area contributed by atoms with Crippen molar-refractivity contribution in [2.24, 2.45) is 0 Å². The van der Waals surface area contributed by atoms with Crippen molar-refractivity contribution in [1.82, 2.24) is 5.32 Å². The minimum absolute atomic E-state index is 0.112. The maximum atomic E-state index is 13.7. The van der Waals surface area contributed by atoms with E-state index >= 15 is 0 Å². The molecule has 0 bridgehead atoms. The van der Waals surface area contributed by atoms with Gasteiger partial charge in [0.25, 0.3) is 0 Å². The van der Waals surface area contributed by atoms with Crippen LogP contribution in [0.25, 0.3) is 0 Å². The molecule has 0 heterocycles. The first-order valence-electron chi connectivity index (χ1n) is 6.15. The zero-order chi connectivity index (χ0) is 15.3. The van der Waals surface area contributed by atoms with Gasteiger partial charge in [0, 0.05) is 5.56 Å². The summed E-state index contributed by atoms with van der Waals surface area (Å²) in [6.07, 6.45) is -1.22. The Morgan fingerprint density at radius 2 is 1.95 bits per heavy atom. The molecule has 6 heteroatoms. The Balaban J connectivity index is 2.88. The second-order valence-electron chi connectivity index (χ2n) is 5.32. The smallest absolute Gasteiger partial charge is 0.408 e. The number of alkyl carbamates (subject to hydrolysis) is 1. The van der Waals surface area contributed by atoms with Gasteiger partial charge in [-0.05, 0) is 26.8 Å². The van der Waals surface area contributed by atoms with Crippen molar-refractivity contribution in [1.29, 1.82) is 0 Å². The number of carboxylic acids is 1. The number of nitrogens with one attached hydrogen (secondary N) is 1. The molecule has 0 saturated carbocycles. The van der Waals surface area contributed by atoms with Crippen LogP contribution >= 0.6 is 0 Å². The number of carbonyl (C=O) groups excluding carboxylic acids is 1. The average Bonchev–Trinajstić information content (AvgIpc) is 2.25. The first kappa shape index (κ1) is 15.9. The zero-order valence-corrected chi connectivity index (χ0v) is 11.6. The Morgan fingerprint density at radius 3 is 2.45 bits per heavy atom. The molecule has 1 rings (SSSR count). The number of benzene rings is 1. The number of carbonyl (C=O) groups is 2. The molecule has 1 aromatic rings. The topological polar surface area (TPSA) is 75.6 Å². The maximum absolute atomic E-state index is 13.7. The highest BCUT2D eigenvalue weighted by Crippen LogP contribution is 2.21. The van der Waals surface area contributed by atoms with E-state index in [1.165, 1.54) is 18.2 Å². The van der Waals surface area contributed by atoms with Gasteiger partial charge in [0.15, 0.2) is 0 Å². The molecule has 110 valence electrons. The van der Waals surface area contributed by atoms with E-state index in [1.807, 2.05) is 0 Å². The molecule has 0 fully saturated rings. The Hall–Kier alpha value is -2.11. The lowest BCUT2D eigenvalue weighted by molar-refractivity contribution is -0.137. The Kier molecular flexibility index (Phi) is 5.07. The quantitative estimate of drug-likeness (QED) is 0.891. The van der Waals surface area contributed by atoms with Crippen molar-refractivity contribution in [3.63, 3.8) is 0 Å². The third-order valence-corrected chi connectivity index (χ3v) is 2.35. The van der Waals surface area contributed by atoms with Crippen LogP contribution < -0.4 is 5.32 Å². The van der Waals surface area contributed by atoms with Crippen LogP contribution in [0.1, 0.15) is 38.8 Å². The summed E-state index contributed by atoms with van der Waals surface area (Å²) in [7, 11) is 0. The van der Waals surface area contributed by atoms with Gasteiger partial charge in [0.2, 0.25) is 0 Å². The van der Waals surface area contributed by atoms with Gasteiger partial charge in [-0.15, -0.1) is 0 Å². The summed E-state index contributed by atoms with van der Waals surface area (Å²) < 4.78 is 18.7. The molecule has 0 spiro atoms. The van der Waals surface area contributed by atoms with E-state index < -0.39 is 35.9 Å². The number of ether oxygens (including phenoxy) is 1. The fourth-order valence-electron chi connectivity index (χ4n) is 1.62. The first-order valence-corrected chi connectivity index (χ1v) is 6.15. The number of amides is 1.